The minimum absolute atomic E-state index is 0.178. The number of amides is 3. The molecule has 9 nitrogen and oxygen atoms in total. The van der Waals surface area contributed by atoms with Crippen LogP contribution in [-0.4, -0.2) is 56.6 Å². The standard InChI is InChI=1S/C12H27N3O6Si2/c1-7-20-12(17)15-14-11(16)13-9-8-10-23(18-2,19-3)21-22(4,5)6/h7-10H2,1-6H3,(H,13,16)/b15-14+. The number of carbonyl (C=O) groups is 2. The lowest BCUT2D eigenvalue weighted by Gasteiger charge is -2.33. The molecule has 0 aromatic carbocycles. The Labute approximate surface area is 139 Å². The van der Waals surface area contributed by atoms with Crippen molar-refractivity contribution in [1.29, 1.82) is 0 Å². The van der Waals surface area contributed by atoms with E-state index in [0.717, 1.165) is 0 Å². The lowest BCUT2D eigenvalue weighted by molar-refractivity contribution is 0.157. The molecule has 0 atom stereocenters. The molecule has 0 fully saturated rings. The number of rotatable bonds is 9. The zero-order valence-electron chi connectivity index (χ0n) is 14.7. The number of ether oxygens (including phenoxy) is 1. The van der Waals surface area contributed by atoms with Crippen LogP contribution < -0.4 is 5.32 Å². The SMILES string of the molecule is CCOC(=O)/N=N/C(=O)NCCC[Si](OC)(OC)O[Si](C)(C)C. The average molecular weight is 366 g/mol. The van der Waals surface area contributed by atoms with Crippen LogP contribution in [0.15, 0.2) is 10.2 Å². The van der Waals surface area contributed by atoms with Crippen LogP contribution in [0.2, 0.25) is 25.7 Å². The monoisotopic (exact) mass is 365 g/mol. The molecule has 0 unspecified atom stereocenters. The van der Waals surface area contributed by atoms with Crippen LogP contribution in [0.3, 0.4) is 0 Å². The molecule has 0 rings (SSSR count). The van der Waals surface area contributed by atoms with Crippen LogP contribution in [0.25, 0.3) is 0 Å². The minimum Gasteiger partial charge on any atom is -0.447 e. The van der Waals surface area contributed by atoms with Gasteiger partial charge in [-0.05, 0) is 33.0 Å². The molecule has 3 amide bonds. The zero-order valence-corrected chi connectivity index (χ0v) is 16.7. The molecule has 0 aliphatic carbocycles. The van der Waals surface area contributed by atoms with E-state index in [1.165, 1.54) is 0 Å². The van der Waals surface area contributed by atoms with E-state index < -0.39 is 29.2 Å². The molecule has 0 saturated heterocycles. The molecule has 11 heteroatoms. The quantitative estimate of drug-likeness (QED) is 0.382. The van der Waals surface area contributed by atoms with E-state index in [1.807, 2.05) is 0 Å². The molecule has 0 spiro atoms. The Hall–Kier alpha value is -1.15. The van der Waals surface area contributed by atoms with Gasteiger partial charge in [-0.1, -0.05) is 10.2 Å². The Balaban J connectivity index is 4.26. The summed E-state index contributed by atoms with van der Waals surface area (Å²) < 4.78 is 21.6. The molecule has 1 N–H and O–H groups in total. The molecule has 0 aromatic rings. The van der Waals surface area contributed by atoms with E-state index >= 15 is 0 Å². The largest absolute Gasteiger partial charge is 0.490 e. The maximum Gasteiger partial charge on any atom is 0.490 e. The van der Waals surface area contributed by atoms with Crippen LogP contribution in [-0.2, 0) is 17.7 Å². The van der Waals surface area contributed by atoms with Gasteiger partial charge in [0.2, 0.25) is 0 Å². The van der Waals surface area contributed by atoms with Gasteiger partial charge in [0.25, 0.3) is 0 Å². The summed E-state index contributed by atoms with van der Waals surface area (Å²) >= 11 is 0. The van der Waals surface area contributed by atoms with Crippen molar-refractivity contribution in [3.63, 3.8) is 0 Å². The van der Waals surface area contributed by atoms with Gasteiger partial charge in [-0.15, -0.1) is 0 Å². The summed E-state index contributed by atoms with van der Waals surface area (Å²) in [5.74, 6) is 0. The molecule has 0 saturated carbocycles. The maximum atomic E-state index is 11.4. The second kappa shape index (κ2) is 10.6. The fourth-order valence-corrected chi connectivity index (χ4v) is 7.65. The summed E-state index contributed by atoms with van der Waals surface area (Å²) in [6, 6.07) is -0.134. The van der Waals surface area contributed by atoms with E-state index in [-0.39, 0.29) is 6.61 Å². The molecule has 134 valence electrons. The highest BCUT2D eigenvalue weighted by atomic mass is 28.5. The molecule has 0 aromatic heterocycles. The summed E-state index contributed by atoms with van der Waals surface area (Å²) in [4.78, 5) is 22.3. The van der Waals surface area contributed by atoms with E-state index in [4.69, 9.17) is 13.0 Å². The van der Waals surface area contributed by atoms with Gasteiger partial charge in [0.05, 0.1) is 6.61 Å². The summed E-state index contributed by atoms with van der Waals surface area (Å²) in [5.41, 5.74) is 0. The van der Waals surface area contributed by atoms with E-state index in [0.29, 0.717) is 19.0 Å². The fraction of sp³-hybridized carbons (Fsp3) is 0.833. The Morgan fingerprint density at radius 3 is 2.17 bits per heavy atom. The first kappa shape index (κ1) is 21.9. The molecule has 0 aliphatic heterocycles. The Kier molecular flexibility index (Phi) is 10.1. The summed E-state index contributed by atoms with van der Waals surface area (Å²) in [7, 11) is -1.38. The van der Waals surface area contributed by atoms with Crippen LogP contribution in [0.4, 0.5) is 9.59 Å². The molecular weight excluding hydrogens is 338 g/mol. The van der Waals surface area contributed by atoms with Gasteiger partial charge in [0.15, 0.2) is 8.32 Å². The van der Waals surface area contributed by atoms with E-state index in [2.05, 4.69) is 39.9 Å². The highest BCUT2D eigenvalue weighted by Gasteiger charge is 2.42. The number of azo groups is 1. The predicted octanol–water partition coefficient (Wildman–Crippen LogP) is 2.78. The van der Waals surface area contributed by atoms with Gasteiger partial charge in [0.1, 0.15) is 0 Å². The van der Waals surface area contributed by atoms with Crippen molar-refractivity contribution in [3.05, 3.63) is 0 Å². The Bertz CT molecular complexity index is 410. The molecule has 0 heterocycles. The van der Waals surface area contributed by atoms with Crippen LogP contribution in [0, 0.1) is 0 Å². The summed E-state index contributed by atoms with van der Waals surface area (Å²) in [6.07, 6.45) is -0.296. The minimum atomic E-state index is -2.72. The van der Waals surface area contributed by atoms with Gasteiger partial charge >= 0.3 is 20.9 Å². The first-order valence-electron chi connectivity index (χ1n) is 7.35. The highest BCUT2D eigenvalue weighted by Crippen LogP contribution is 2.21. The van der Waals surface area contributed by atoms with Gasteiger partial charge in [-0.25, -0.2) is 9.59 Å². The van der Waals surface area contributed by atoms with Crippen molar-refractivity contribution in [2.45, 2.75) is 39.0 Å². The smallest absolute Gasteiger partial charge is 0.447 e. The Morgan fingerprint density at radius 2 is 1.70 bits per heavy atom. The Morgan fingerprint density at radius 1 is 1.09 bits per heavy atom. The van der Waals surface area contributed by atoms with Crippen molar-refractivity contribution in [1.82, 2.24) is 5.32 Å². The predicted molar refractivity (Wildman–Crippen MR) is 88.9 cm³/mol. The average Bonchev–Trinajstić information content (AvgIpc) is 2.47. The third-order valence-corrected chi connectivity index (χ3v) is 8.41. The molecule has 23 heavy (non-hydrogen) atoms. The zero-order chi connectivity index (χ0) is 17.9. The third-order valence-electron chi connectivity index (χ3n) is 2.51. The normalized spacial score (nSPS) is 12.4. The first-order chi connectivity index (χ1) is 10.7. The molecule has 0 aliphatic rings. The number of nitrogens with one attached hydrogen (secondary N) is 1. The number of hydrogen-bond acceptors (Lipinski definition) is 6. The van der Waals surface area contributed by atoms with Gasteiger partial charge in [-0.3, -0.25) is 0 Å². The van der Waals surface area contributed by atoms with Crippen molar-refractivity contribution in [3.8, 4) is 0 Å². The van der Waals surface area contributed by atoms with Gasteiger partial charge in [0, 0.05) is 26.8 Å². The van der Waals surface area contributed by atoms with Crippen LogP contribution >= 0.6 is 0 Å². The van der Waals surface area contributed by atoms with Gasteiger partial charge in [-0.2, -0.15) is 0 Å². The molecular formula is C12H27N3O6Si2. The fourth-order valence-electron chi connectivity index (χ4n) is 1.66. The van der Waals surface area contributed by atoms with Crippen molar-refractivity contribution >= 4 is 29.2 Å². The molecule has 0 radical (unpaired) electrons. The lowest BCUT2D eigenvalue weighted by Crippen LogP contribution is -2.51. The second-order valence-corrected chi connectivity index (χ2v) is 13.3. The number of carbonyl (C=O) groups excluding carboxylic acids is 2. The third kappa shape index (κ3) is 10.3. The maximum absolute atomic E-state index is 11.4. The number of hydrogen-bond donors (Lipinski definition) is 1. The molecule has 0 bridgehead atoms. The second-order valence-electron chi connectivity index (χ2n) is 5.54. The van der Waals surface area contributed by atoms with E-state index in [1.54, 1.807) is 21.1 Å². The first-order valence-corrected chi connectivity index (χ1v) is 12.7. The van der Waals surface area contributed by atoms with Crippen molar-refractivity contribution in [2.75, 3.05) is 27.4 Å². The summed E-state index contributed by atoms with van der Waals surface area (Å²) in [5, 5.41) is 8.84. The summed E-state index contributed by atoms with van der Waals surface area (Å²) in [6.45, 7) is 8.34. The van der Waals surface area contributed by atoms with Crippen LogP contribution in [0.5, 0.6) is 0 Å². The van der Waals surface area contributed by atoms with Crippen molar-refractivity contribution < 1.29 is 27.3 Å². The van der Waals surface area contributed by atoms with E-state index in [9.17, 15) is 9.59 Å². The number of urea groups is 1. The lowest BCUT2D eigenvalue weighted by atomic mass is 10.5. The number of nitrogens with zero attached hydrogens (tertiary/aromatic N) is 2. The van der Waals surface area contributed by atoms with Crippen LogP contribution in [0.1, 0.15) is 13.3 Å². The topological polar surface area (TPSA) is 108 Å². The highest BCUT2D eigenvalue weighted by molar-refractivity contribution is 6.79. The van der Waals surface area contributed by atoms with Gasteiger partial charge < -0.3 is 23.0 Å². The van der Waals surface area contributed by atoms with Crippen molar-refractivity contribution in [2.24, 2.45) is 10.2 Å².